The van der Waals surface area contributed by atoms with Gasteiger partial charge >= 0.3 is 0 Å². The molecule has 0 aromatic carbocycles. The molecule has 72 valence electrons. The molecule has 0 spiro atoms. The zero-order chi connectivity index (χ0) is 8.81. The van der Waals surface area contributed by atoms with Crippen molar-refractivity contribution in [2.24, 2.45) is 5.92 Å². The molecule has 0 amide bonds. The van der Waals surface area contributed by atoms with Gasteiger partial charge in [0.15, 0.2) is 0 Å². The molecule has 0 radical (unpaired) electrons. The lowest BCUT2D eigenvalue weighted by atomic mass is 9.97. The van der Waals surface area contributed by atoms with Gasteiger partial charge in [-0.2, -0.15) is 0 Å². The number of ether oxygens (including phenoxy) is 2. The van der Waals surface area contributed by atoms with Crippen LogP contribution in [0, 0.1) is 5.92 Å². The predicted octanol–water partition coefficient (Wildman–Crippen LogP) is 0.647. The number of hydrogen-bond donors (Lipinski definition) is 1. The number of nitrogens with one attached hydrogen (secondary N) is 1. The Kier molecular flexibility index (Phi) is 4.58. The van der Waals surface area contributed by atoms with Gasteiger partial charge in [-0.05, 0) is 18.9 Å². The molecule has 1 fully saturated rings. The fourth-order valence-corrected chi connectivity index (χ4v) is 1.47. The third-order valence-corrected chi connectivity index (χ3v) is 2.38. The first-order chi connectivity index (χ1) is 5.84. The van der Waals surface area contributed by atoms with Crippen LogP contribution < -0.4 is 5.32 Å². The quantitative estimate of drug-likeness (QED) is 0.633. The minimum absolute atomic E-state index is 0.383. The second kappa shape index (κ2) is 5.51. The first-order valence-corrected chi connectivity index (χ1v) is 4.66. The summed E-state index contributed by atoms with van der Waals surface area (Å²) < 4.78 is 10.6. The van der Waals surface area contributed by atoms with Crippen LogP contribution in [0.4, 0.5) is 0 Å². The van der Waals surface area contributed by atoms with Crippen LogP contribution in [0.25, 0.3) is 0 Å². The molecule has 0 aliphatic carbocycles. The normalized spacial score (nSPS) is 30.5. The highest BCUT2D eigenvalue weighted by Gasteiger charge is 2.20. The molecule has 1 saturated heterocycles. The van der Waals surface area contributed by atoms with Crippen LogP contribution in [0.3, 0.4) is 0 Å². The van der Waals surface area contributed by atoms with Crippen LogP contribution in [-0.4, -0.2) is 39.5 Å². The van der Waals surface area contributed by atoms with Crippen molar-refractivity contribution in [3.05, 3.63) is 0 Å². The smallest absolute Gasteiger partial charge is 0.0726 e. The number of methoxy groups -OCH3 is 1. The van der Waals surface area contributed by atoms with Gasteiger partial charge in [0, 0.05) is 13.7 Å². The summed E-state index contributed by atoms with van der Waals surface area (Å²) in [7, 11) is 1.70. The summed E-state index contributed by atoms with van der Waals surface area (Å²) in [5.41, 5.74) is 0. The molecule has 1 aliphatic heterocycles. The van der Waals surface area contributed by atoms with Gasteiger partial charge in [-0.1, -0.05) is 6.92 Å². The molecule has 3 nitrogen and oxygen atoms in total. The van der Waals surface area contributed by atoms with Crippen molar-refractivity contribution >= 4 is 0 Å². The van der Waals surface area contributed by atoms with E-state index in [2.05, 4.69) is 12.2 Å². The van der Waals surface area contributed by atoms with E-state index in [0.717, 1.165) is 13.1 Å². The maximum Gasteiger partial charge on any atom is 0.0726 e. The maximum atomic E-state index is 5.65. The SMILES string of the molecule is COCCOC1CNCCC1C. The van der Waals surface area contributed by atoms with Crippen LogP contribution in [0.15, 0.2) is 0 Å². The van der Waals surface area contributed by atoms with E-state index in [4.69, 9.17) is 9.47 Å². The summed E-state index contributed by atoms with van der Waals surface area (Å²) in [4.78, 5) is 0. The van der Waals surface area contributed by atoms with Gasteiger partial charge in [-0.3, -0.25) is 0 Å². The van der Waals surface area contributed by atoms with E-state index in [1.54, 1.807) is 7.11 Å². The summed E-state index contributed by atoms with van der Waals surface area (Å²) in [6.45, 7) is 5.78. The zero-order valence-corrected chi connectivity index (χ0v) is 8.01. The topological polar surface area (TPSA) is 30.5 Å². The molecule has 0 aromatic heterocycles. The van der Waals surface area contributed by atoms with E-state index in [1.807, 2.05) is 0 Å². The molecule has 2 unspecified atom stereocenters. The highest BCUT2D eigenvalue weighted by Crippen LogP contribution is 2.14. The number of piperidine rings is 1. The first-order valence-electron chi connectivity index (χ1n) is 4.66. The molecule has 1 rings (SSSR count). The van der Waals surface area contributed by atoms with Crippen molar-refractivity contribution in [1.82, 2.24) is 5.32 Å². The molecular formula is C9H19NO2. The van der Waals surface area contributed by atoms with Crippen molar-refractivity contribution in [2.45, 2.75) is 19.4 Å². The van der Waals surface area contributed by atoms with Gasteiger partial charge < -0.3 is 14.8 Å². The largest absolute Gasteiger partial charge is 0.382 e. The zero-order valence-electron chi connectivity index (χ0n) is 8.01. The summed E-state index contributed by atoms with van der Waals surface area (Å²) in [6.07, 6.45) is 1.60. The Morgan fingerprint density at radius 1 is 1.42 bits per heavy atom. The van der Waals surface area contributed by atoms with Crippen LogP contribution in [-0.2, 0) is 9.47 Å². The molecule has 1 N–H and O–H groups in total. The van der Waals surface area contributed by atoms with Crippen molar-refractivity contribution in [3.8, 4) is 0 Å². The lowest BCUT2D eigenvalue weighted by Crippen LogP contribution is -2.41. The molecule has 2 atom stereocenters. The summed E-state index contributed by atoms with van der Waals surface area (Å²) in [5.74, 6) is 0.683. The molecule has 0 aromatic rings. The average Bonchev–Trinajstić information content (AvgIpc) is 2.09. The molecule has 0 saturated carbocycles. The van der Waals surface area contributed by atoms with Crippen LogP contribution in [0.2, 0.25) is 0 Å². The van der Waals surface area contributed by atoms with Gasteiger partial charge in [0.1, 0.15) is 0 Å². The second-order valence-corrected chi connectivity index (χ2v) is 3.37. The van der Waals surface area contributed by atoms with E-state index in [-0.39, 0.29) is 0 Å². The molecular weight excluding hydrogens is 154 g/mol. The van der Waals surface area contributed by atoms with Gasteiger partial charge in [-0.15, -0.1) is 0 Å². The van der Waals surface area contributed by atoms with Gasteiger partial charge in [0.05, 0.1) is 19.3 Å². The van der Waals surface area contributed by atoms with Crippen molar-refractivity contribution in [2.75, 3.05) is 33.4 Å². The van der Waals surface area contributed by atoms with E-state index in [0.29, 0.717) is 25.2 Å². The van der Waals surface area contributed by atoms with E-state index in [9.17, 15) is 0 Å². The lowest BCUT2D eigenvalue weighted by molar-refractivity contribution is -0.0188. The predicted molar refractivity (Wildman–Crippen MR) is 48.3 cm³/mol. The minimum atomic E-state index is 0.383. The van der Waals surface area contributed by atoms with Gasteiger partial charge in [0.2, 0.25) is 0 Å². The monoisotopic (exact) mass is 173 g/mol. The maximum absolute atomic E-state index is 5.65. The molecule has 0 bridgehead atoms. The summed E-state index contributed by atoms with van der Waals surface area (Å²) >= 11 is 0. The Balaban J connectivity index is 2.11. The highest BCUT2D eigenvalue weighted by molar-refractivity contribution is 4.75. The Morgan fingerprint density at radius 2 is 2.25 bits per heavy atom. The molecule has 1 heterocycles. The van der Waals surface area contributed by atoms with Crippen molar-refractivity contribution in [3.63, 3.8) is 0 Å². The fraction of sp³-hybridized carbons (Fsp3) is 1.00. The highest BCUT2D eigenvalue weighted by atomic mass is 16.5. The second-order valence-electron chi connectivity index (χ2n) is 3.37. The Hall–Kier alpha value is -0.120. The van der Waals surface area contributed by atoms with Crippen LogP contribution in [0.5, 0.6) is 0 Å². The Bertz CT molecular complexity index is 119. The lowest BCUT2D eigenvalue weighted by Gasteiger charge is -2.29. The van der Waals surface area contributed by atoms with Crippen molar-refractivity contribution < 1.29 is 9.47 Å². The van der Waals surface area contributed by atoms with Gasteiger partial charge in [0.25, 0.3) is 0 Å². The Morgan fingerprint density at radius 3 is 2.92 bits per heavy atom. The number of rotatable bonds is 4. The van der Waals surface area contributed by atoms with E-state index < -0.39 is 0 Å². The molecule has 1 aliphatic rings. The number of hydrogen-bond acceptors (Lipinski definition) is 3. The average molecular weight is 173 g/mol. The minimum Gasteiger partial charge on any atom is -0.382 e. The summed E-state index contributed by atoms with van der Waals surface area (Å²) in [6, 6.07) is 0. The third-order valence-electron chi connectivity index (χ3n) is 2.38. The fourth-order valence-electron chi connectivity index (χ4n) is 1.47. The third kappa shape index (κ3) is 3.09. The van der Waals surface area contributed by atoms with Crippen molar-refractivity contribution in [1.29, 1.82) is 0 Å². The first kappa shape index (κ1) is 9.96. The van der Waals surface area contributed by atoms with E-state index >= 15 is 0 Å². The Labute approximate surface area is 74.4 Å². The van der Waals surface area contributed by atoms with Crippen LogP contribution >= 0.6 is 0 Å². The van der Waals surface area contributed by atoms with E-state index in [1.165, 1.54) is 6.42 Å². The standard InChI is InChI=1S/C9H19NO2/c1-8-3-4-10-7-9(8)12-6-5-11-2/h8-10H,3-7H2,1-2H3. The molecule has 3 heteroatoms. The molecule has 12 heavy (non-hydrogen) atoms. The van der Waals surface area contributed by atoms with Gasteiger partial charge in [-0.25, -0.2) is 0 Å². The summed E-state index contributed by atoms with van der Waals surface area (Å²) in [5, 5.41) is 3.33. The van der Waals surface area contributed by atoms with Crippen LogP contribution in [0.1, 0.15) is 13.3 Å².